The molecule has 20 heavy (non-hydrogen) atoms. The van der Waals surface area contributed by atoms with E-state index in [1.165, 1.54) is 0 Å². The second-order valence-corrected chi connectivity index (χ2v) is 6.07. The molecule has 1 rings (SSSR count). The number of hydrogen-bond donors (Lipinski definition) is 3. The van der Waals surface area contributed by atoms with E-state index in [9.17, 15) is 5.11 Å². The quantitative estimate of drug-likeness (QED) is 0.683. The van der Waals surface area contributed by atoms with Gasteiger partial charge in [-0.3, -0.25) is 0 Å². The van der Waals surface area contributed by atoms with Crippen LogP contribution in [0.2, 0.25) is 0 Å². The van der Waals surface area contributed by atoms with E-state index in [-0.39, 0.29) is 0 Å². The minimum absolute atomic E-state index is 0.458. The van der Waals surface area contributed by atoms with Crippen LogP contribution in [0.1, 0.15) is 46.1 Å². The Kier molecular flexibility index (Phi) is 6.20. The Morgan fingerprint density at radius 2 is 1.85 bits per heavy atom. The van der Waals surface area contributed by atoms with Gasteiger partial charge in [-0.1, -0.05) is 20.8 Å². The third-order valence-electron chi connectivity index (χ3n) is 3.11. The highest BCUT2D eigenvalue weighted by Gasteiger charge is 2.22. The maximum Gasteiger partial charge on any atom is 0.134 e. The van der Waals surface area contributed by atoms with E-state index in [0.717, 1.165) is 36.6 Å². The van der Waals surface area contributed by atoms with Gasteiger partial charge in [0.15, 0.2) is 0 Å². The van der Waals surface area contributed by atoms with Gasteiger partial charge in [0, 0.05) is 18.7 Å². The van der Waals surface area contributed by atoms with Crippen molar-refractivity contribution in [3.8, 4) is 0 Å². The SMILES string of the molecule is CCCNc1ncnc(NCC(C)(O)CC(C)C)c1C. The molecule has 1 heterocycles. The van der Waals surface area contributed by atoms with Crippen LogP contribution in [-0.4, -0.2) is 33.8 Å². The van der Waals surface area contributed by atoms with E-state index in [0.29, 0.717) is 12.5 Å². The van der Waals surface area contributed by atoms with Crippen molar-refractivity contribution in [2.75, 3.05) is 23.7 Å². The second kappa shape index (κ2) is 7.43. The van der Waals surface area contributed by atoms with Gasteiger partial charge in [-0.05, 0) is 32.6 Å². The zero-order chi connectivity index (χ0) is 15.2. The van der Waals surface area contributed by atoms with Crippen molar-refractivity contribution in [2.45, 2.75) is 53.1 Å². The van der Waals surface area contributed by atoms with E-state index < -0.39 is 5.60 Å². The number of anilines is 2. The molecule has 0 aliphatic carbocycles. The Morgan fingerprint density at radius 1 is 1.25 bits per heavy atom. The van der Waals surface area contributed by atoms with Gasteiger partial charge in [0.1, 0.15) is 18.0 Å². The molecule has 0 bridgehead atoms. The molecule has 1 atom stereocenters. The number of rotatable bonds is 8. The number of aromatic nitrogens is 2. The van der Waals surface area contributed by atoms with Gasteiger partial charge in [0.2, 0.25) is 0 Å². The van der Waals surface area contributed by atoms with Crippen LogP contribution in [0.5, 0.6) is 0 Å². The molecular weight excluding hydrogens is 252 g/mol. The summed E-state index contributed by atoms with van der Waals surface area (Å²) in [7, 11) is 0. The summed E-state index contributed by atoms with van der Waals surface area (Å²) in [4.78, 5) is 8.50. The Labute approximate surface area is 122 Å². The normalized spacial score (nSPS) is 14.2. The Hall–Kier alpha value is -1.36. The first-order chi connectivity index (χ1) is 9.35. The second-order valence-electron chi connectivity index (χ2n) is 6.07. The molecule has 0 aliphatic rings. The van der Waals surface area contributed by atoms with Crippen molar-refractivity contribution in [1.82, 2.24) is 9.97 Å². The van der Waals surface area contributed by atoms with Gasteiger partial charge in [0.25, 0.3) is 0 Å². The lowest BCUT2D eigenvalue weighted by Crippen LogP contribution is -2.35. The first-order valence-electron chi connectivity index (χ1n) is 7.37. The average Bonchev–Trinajstić information content (AvgIpc) is 2.34. The molecule has 1 unspecified atom stereocenters. The van der Waals surface area contributed by atoms with Gasteiger partial charge >= 0.3 is 0 Å². The molecule has 3 N–H and O–H groups in total. The number of aliphatic hydroxyl groups is 1. The van der Waals surface area contributed by atoms with Crippen molar-refractivity contribution in [3.63, 3.8) is 0 Å². The van der Waals surface area contributed by atoms with Crippen LogP contribution in [0.3, 0.4) is 0 Å². The lowest BCUT2D eigenvalue weighted by atomic mass is 9.94. The minimum atomic E-state index is -0.734. The molecule has 1 aromatic rings. The monoisotopic (exact) mass is 280 g/mol. The summed E-state index contributed by atoms with van der Waals surface area (Å²) < 4.78 is 0. The predicted octanol–water partition coefficient (Wildman–Crippen LogP) is 2.82. The fourth-order valence-electron chi connectivity index (χ4n) is 2.28. The van der Waals surface area contributed by atoms with Gasteiger partial charge in [-0.25, -0.2) is 9.97 Å². The topological polar surface area (TPSA) is 70.1 Å². The summed E-state index contributed by atoms with van der Waals surface area (Å²) in [5.74, 6) is 2.09. The van der Waals surface area contributed by atoms with Crippen molar-refractivity contribution in [2.24, 2.45) is 5.92 Å². The molecule has 0 saturated heterocycles. The highest BCUT2D eigenvalue weighted by Crippen LogP contribution is 2.21. The maximum absolute atomic E-state index is 10.3. The van der Waals surface area contributed by atoms with Gasteiger partial charge in [0.05, 0.1) is 5.60 Å². The van der Waals surface area contributed by atoms with E-state index in [2.05, 4.69) is 41.4 Å². The molecule has 0 amide bonds. The first-order valence-corrected chi connectivity index (χ1v) is 7.37. The highest BCUT2D eigenvalue weighted by atomic mass is 16.3. The number of nitrogens with one attached hydrogen (secondary N) is 2. The summed E-state index contributed by atoms with van der Waals surface area (Å²) in [5, 5.41) is 16.8. The van der Waals surface area contributed by atoms with Crippen LogP contribution in [-0.2, 0) is 0 Å². The molecule has 0 fully saturated rings. The molecule has 114 valence electrons. The van der Waals surface area contributed by atoms with Crippen molar-refractivity contribution in [1.29, 1.82) is 0 Å². The summed E-state index contributed by atoms with van der Waals surface area (Å²) in [6, 6.07) is 0. The molecule has 0 spiro atoms. The number of hydrogen-bond acceptors (Lipinski definition) is 5. The third kappa shape index (κ3) is 5.33. The molecule has 5 nitrogen and oxygen atoms in total. The molecule has 1 aromatic heterocycles. The van der Waals surface area contributed by atoms with E-state index in [4.69, 9.17) is 0 Å². The lowest BCUT2D eigenvalue weighted by molar-refractivity contribution is 0.0514. The van der Waals surface area contributed by atoms with Crippen molar-refractivity contribution >= 4 is 11.6 Å². The molecule has 0 saturated carbocycles. The molecule has 5 heteroatoms. The fraction of sp³-hybridized carbons (Fsp3) is 0.733. The standard InChI is InChI=1S/C15H28N4O/c1-6-7-16-13-12(4)14(19-10-18-13)17-9-15(5,20)8-11(2)3/h10-11,20H,6-9H2,1-5H3,(H2,16,17,18,19). The summed E-state index contributed by atoms with van der Waals surface area (Å²) in [5.41, 5.74) is 0.254. The zero-order valence-corrected chi connectivity index (χ0v) is 13.3. The minimum Gasteiger partial charge on any atom is -0.388 e. The average molecular weight is 280 g/mol. The highest BCUT2D eigenvalue weighted by molar-refractivity contribution is 5.56. The first kappa shape index (κ1) is 16.7. The third-order valence-corrected chi connectivity index (χ3v) is 3.11. The van der Waals surface area contributed by atoms with E-state index in [1.807, 2.05) is 13.8 Å². The summed E-state index contributed by atoms with van der Waals surface area (Å²) >= 11 is 0. The van der Waals surface area contributed by atoms with Crippen LogP contribution in [0.15, 0.2) is 6.33 Å². The maximum atomic E-state index is 10.3. The fourth-order valence-corrected chi connectivity index (χ4v) is 2.28. The smallest absolute Gasteiger partial charge is 0.134 e. The Morgan fingerprint density at radius 3 is 2.40 bits per heavy atom. The molecule has 0 aliphatic heterocycles. The van der Waals surface area contributed by atoms with Crippen LogP contribution < -0.4 is 10.6 Å². The van der Waals surface area contributed by atoms with Gasteiger partial charge < -0.3 is 15.7 Å². The van der Waals surface area contributed by atoms with E-state index >= 15 is 0 Å². The predicted molar refractivity (Wildman–Crippen MR) is 84.1 cm³/mol. The van der Waals surface area contributed by atoms with E-state index in [1.54, 1.807) is 6.33 Å². The van der Waals surface area contributed by atoms with Crippen LogP contribution in [0, 0.1) is 12.8 Å². The van der Waals surface area contributed by atoms with Crippen LogP contribution in [0.25, 0.3) is 0 Å². The van der Waals surface area contributed by atoms with Crippen molar-refractivity contribution < 1.29 is 5.11 Å². The summed E-state index contributed by atoms with van der Waals surface area (Å²) in [6.45, 7) is 11.5. The summed E-state index contributed by atoms with van der Waals surface area (Å²) in [6.07, 6.45) is 3.35. The zero-order valence-electron chi connectivity index (χ0n) is 13.3. The Balaban J connectivity index is 2.68. The molecule has 0 aromatic carbocycles. The van der Waals surface area contributed by atoms with Crippen LogP contribution in [0.4, 0.5) is 11.6 Å². The molecular formula is C15H28N4O. The lowest BCUT2D eigenvalue weighted by Gasteiger charge is -2.26. The molecule has 0 radical (unpaired) electrons. The van der Waals surface area contributed by atoms with Crippen LogP contribution >= 0.6 is 0 Å². The van der Waals surface area contributed by atoms with Crippen molar-refractivity contribution in [3.05, 3.63) is 11.9 Å². The number of nitrogens with zero attached hydrogens (tertiary/aromatic N) is 2. The largest absolute Gasteiger partial charge is 0.388 e. The van der Waals surface area contributed by atoms with Gasteiger partial charge in [-0.2, -0.15) is 0 Å². The Bertz CT molecular complexity index is 418. The van der Waals surface area contributed by atoms with Gasteiger partial charge in [-0.15, -0.1) is 0 Å².